The lowest BCUT2D eigenvalue weighted by molar-refractivity contribution is -0.215. The molecular weight excluding hydrogens is 304 g/mol. The minimum absolute atomic E-state index is 0.000704. The largest absolute Gasteiger partial charge is 0.855 e. The maximum absolute atomic E-state index is 12.6. The van der Waals surface area contributed by atoms with Crippen LogP contribution in [0.25, 0.3) is 0 Å². The molecule has 0 aliphatic rings. The van der Waals surface area contributed by atoms with Gasteiger partial charge in [-0.3, -0.25) is 0 Å². The Morgan fingerprint density at radius 2 is 1.79 bits per heavy atom. The average Bonchev–Trinajstić information content (AvgIpc) is 2.62. The third kappa shape index (κ3) is 4.34. The topological polar surface area (TPSA) is 64.9 Å². The predicted molar refractivity (Wildman–Crippen MR) is 94.9 cm³/mol. The molecule has 1 N–H and O–H groups in total. The quantitative estimate of drug-likeness (QED) is 0.366. The summed E-state index contributed by atoms with van der Waals surface area (Å²) in [6.07, 6.45) is 0.0648. The van der Waals surface area contributed by atoms with Gasteiger partial charge < -0.3 is 14.9 Å². The number of rotatable bonds is 7. The van der Waals surface area contributed by atoms with Crippen molar-refractivity contribution in [3.8, 4) is 5.75 Å². The molecule has 5 heteroatoms. The van der Waals surface area contributed by atoms with Crippen LogP contribution in [-0.4, -0.2) is 37.8 Å². The molecule has 0 amide bonds. The van der Waals surface area contributed by atoms with Gasteiger partial charge in [0.25, 0.3) is 0 Å². The summed E-state index contributed by atoms with van der Waals surface area (Å²) in [5.74, 6) is 0.362. The number of benzene rings is 2. The summed E-state index contributed by atoms with van der Waals surface area (Å²) < 4.78 is 5.11. The first-order chi connectivity index (χ1) is 11.5. The Bertz CT molecular complexity index is 671. The Labute approximate surface area is 143 Å². The summed E-state index contributed by atoms with van der Waals surface area (Å²) in [6.45, 7) is 2.24. The number of likely N-dealkylation sites (N-methyl/N-ethyl adjacent to an activating group) is 1. The smallest absolute Gasteiger partial charge is 0.159 e. The van der Waals surface area contributed by atoms with Crippen LogP contribution in [0.5, 0.6) is 5.75 Å². The molecule has 128 valence electrons. The van der Waals surface area contributed by atoms with Gasteiger partial charge in [0.15, 0.2) is 5.69 Å². The third-order valence-corrected chi connectivity index (χ3v) is 4.00. The fourth-order valence-electron chi connectivity index (χ4n) is 2.48. The molecule has 2 unspecified atom stereocenters. The molecule has 2 aromatic carbocycles. The molecule has 2 aromatic rings. The first-order valence-electron chi connectivity index (χ1n) is 7.99. The number of methoxy groups -OCH3 is 1. The van der Waals surface area contributed by atoms with Crippen molar-refractivity contribution in [2.45, 2.75) is 19.4 Å². The van der Waals surface area contributed by atoms with Gasteiger partial charge in [-0.15, -0.1) is 0 Å². The van der Waals surface area contributed by atoms with Crippen LogP contribution in [0.2, 0.25) is 0 Å². The second kappa shape index (κ2) is 7.95. The van der Waals surface area contributed by atoms with E-state index in [0.717, 1.165) is 5.69 Å². The first kappa shape index (κ1) is 18.0. The molecule has 2 atom stereocenters. The highest BCUT2D eigenvalue weighted by atomic mass is 16.5. The van der Waals surface area contributed by atoms with E-state index in [-0.39, 0.29) is 10.5 Å². The maximum Gasteiger partial charge on any atom is 0.159 e. The standard InChI is InChI=1S/C19H24N2O3/c1-4-17(22)14-21(2,16-8-6-5-7-9-16)20-19(23)15-10-12-18(24-3)13-11-15/h5-13,17,22H,4,14H2,1-3H3. The number of aliphatic hydroxyl groups is 1. The van der Waals surface area contributed by atoms with Gasteiger partial charge >= 0.3 is 0 Å². The van der Waals surface area contributed by atoms with Gasteiger partial charge in [-0.05, 0) is 24.1 Å². The molecule has 0 saturated carbocycles. The molecular formula is C19H24N2O3. The Hall–Kier alpha value is -2.37. The molecule has 0 saturated heterocycles. The first-order valence-corrected chi connectivity index (χ1v) is 7.99. The molecule has 0 heterocycles. The van der Waals surface area contributed by atoms with Crippen molar-refractivity contribution in [3.05, 3.63) is 60.2 Å². The van der Waals surface area contributed by atoms with Crippen LogP contribution in [-0.2, 0) is 0 Å². The fourth-order valence-corrected chi connectivity index (χ4v) is 2.48. The zero-order valence-corrected chi connectivity index (χ0v) is 14.3. The zero-order chi connectivity index (χ0) is 17.6. The number of nitrogens with zero attached hydrogens (tertiary/aromatic N) is 2. The van der Waals surface area contributed by atoms with E-state index in [2.05, 4.69) is 5.10 Å². The number of quaternary nitrogens is 1. The molecule has 24 heavy (non-hydrogen) atoms. The van der Waals surface area contributed by atoms with Crippen LogP contribution in [0.4, 0.5) is 5.69 Å². The number of hydrogen-bond donors (Lipinski definition) is 1. The average molecular weight is 328 g/mol. The number of hydrogen-bond acceptors (Lipinski definition) is 4. The van der Waals surface area contributed by atoms with E-state index >= 15 is 0 Å². The highest BCUT2D eigenvalue weighted by Crippen LogP contribution is 2.23. The van der Waals surface area contributed by atoms with Crippen molar-refractivity contribution in [1.29, 1.82) is 0 Å². The van der Waals surface area contributed by atoms with Crippen molar-refractivity contribution >= 4 is 11.6 Å². The van der Waals surface area contributed by atoms with Crippen molar-refractivity contribution in [2.75, 3.05) is 20.7 Å². The fraction of sp³-hybridized carbons (Fsp3) is 0.316. The van der Waals surface area contributed by atoms with Gasteiger partial charge in [0.2, 0.25) is 0 Å². The van der Waals surface area contributed by atoms with Crippen molar-refractivity contribution in [1.82, 2.24) is 4.59 Å². The molecule has 5 nitrogen and oxygen atoms in total. The molecule has 0 bridgehead atoms. The molecule has 0 aliphatic carbocycles. The van der Waals surface area contributed by atoms with Crippen molar-refractivity contribution in [2.24, 2.45) is 5.10 Å². The molecule has 2 rings (SSSR count). The molecule has 0 aromatic heterocycles. The normalized spacial score (nSPS) is 15.6. The van der Waals surface area contributed by atoms with E-state index in [4.69, 9.17) is 4.74 Å². The monoisotopic (exact) mass is 328 g/mol. The van der Waals surface area contributed by atoms with Gasteiger partial charge in [-0.1, -0.05) is 42.4 Å². The molecule has 0 radical (unpaired) electrons. The minimum atomic E-state index is -0.539. The van der Waals surface area contributed by atoms with E-state index < -0.39 is 6.10 Å². The van der Waals surface area contributed by atoms with Crippen molar-refractivity contribution in [3.63, 3.8) is 0 Å². The van der Waals surface area contributed by atoms with E-state index in [9.17, 15) is 10.2 Å². The lowest BCUT2D eigenvalue weighted by atomic mass is 10.2. The predicted octanol–water partition coefficient (Wildman–Crippen LogP) is 2.13. The number of para-hydroxylation sites is 1. The highest BCUT2D eigenvalue weighted by molar-refractivity contribution is 5.91. The zero-order valence-electron chi connectivity index (χ0n) is 14.3. The van der Waals surface area contributed by atoms with E-state index in [1.807, 2.05) is 44.3 Å². The van der Waals surface area contributed by atoms with Gasteiger partial charge in [-0.25, -0.2) is 0 Å². The van der Waals surface area contributed by atoms with Crippen LogP contribution < -0.4 is 14.4 Å². The van der Waals surface area contributed by atoms with Gasteiger partial charge in [0.1, 0.15) is 18.4 Å². The summed E-state index contributed by atoms with van der Waals surface area (Å²) in [6, 6.07) is 16.4. The Morgan fingerprint density at radius 3 is 2.33 bits per heavy atom. The van der Waals surface area contributed by atoms with E-state index in [1.54, 1.807) is 31.4 Å². The summed E-state index contributed by atoms with van der Waals surface area (Å²) in [4.78, 5) is 0. The van der Waals surface area contributed by atoms with Gasteiger partial charge in [0, 0.05) is 12.1 Å². The molecule has 0 aliphatic heterocycles. The summed E-state index contributed by atoms with van der Waals surface area (Å²) in [5.41, 5.74) is 1.34. The Morgan fingerprint density at radius 1 is 1.17 bits per heavy atom. The van der Waals surface area contributed by atoms with Crippen LogP contribution >= 0.6 is 0 Å². The Balaban J connectivity index is 2.38. The minimum Gasteiger partial charge on any atom is -0.855 e. The van der Waals surface area contributed by atoms with Crippen LogP contribution in [0, 0.1) is 0 Å². The van der Waals surface area contributed by atoms with Crippen LogP contribution in [0.1, 0.15) is 18.9 Å². The second-order valence-corrected chi connectivity index (χ2v) is 5.85. The summed E-state index contributed by atoms with van der Waals surface area (Å²) in [5, 5.41) is 27.1. The number of aliphatic hydroxyl groups excluding tert-OH is 1. The molecule has 0 spiro atoms. The van der Waals surface area contributed by atoms with Crippen LogP contribution in [0.3, 0.4) is 0 Å². The summed E-state index contributed by atoms with van der Waals surface area (Å²) in [7, 11) is 3.41. The lowest BCUT2D eigenvalue weighted by Crippen LogP contribution is -2.47. The van der Waals surface area contributed by atoms with Crippen LogP contribution in [0.15, 0.2) is 59.7 Å². The number of ether oxygens (including phenoxy) is 1. The van der Waals surface area contributed by atoms with Crippen molar-refractivity contribution < 1.29 is 14.9 Å². The third-order valence-electron chi connectivity index (χ3n) is 4.00. The van der Waals surface area contributed by atoms with Gasteiger partial charge in [0.05, 0.1) is 20.1 Å². The highest BCUT2D eigenvalue weighted by Gasteiger charge is 2.28. The van der Waals surface area contributed by atoms with E-state index in [0.29, 0.717) is 24.3 Å². The molecule has 0 fully saturated rings. The lowest BCUT2D eigenvalue weighted by Gasteiger charge is -2.31. The van der Waals surface area contributed by atoms with E-state index in [1.165, 1.54) is 0 Å². The SMILES string of the molecule is CCC(O)C[N+](C)(/N=C(\[O-])c1ccc(OC)cc1)c1ccccc1. The second-order valence-electron chi connectivity index (χ2n) is 5.85. The van der Waals surface area contributed by atoms with Gasteiger partial charge in [-0.2, -0.15) is 4.59 Å². The Kier molecular flexibility index (Phi) is 5.95. The summed E-state index contributed by atoms with van der Waals surface area (Å²) >= 11 is 0. The maximum atomic E-state index is 12.6.